The molecule has 2 rings (SSSR count). The lowest BCUT2D eigenvalue weighted by Crippen LogP contribution is -2.46. The summed E-state index contributed by atoms with van der Waals surface area (Å²) in [6.45, 7) is 8.94. The molecule has 2 N–H and O–H groups in total. The number of aryl methyl sites for hydroxylation is 1. The average molecular weight is 267 g/mol. The second-order valence-corrected chi connectivity index (χ2v) is 6.39. The number of piperidine rings is 1. The number of nitrogens with zero attached hydrogens (tertiary/aromatic N) is 1. The van der Waals surface area contributed by atoms with Crippen LogP contribution < -0.4 is 10.6 Å². The van der Waals surface area contributed by atoms with Gasteiger partial charge in [0.05, 0.1) is 5.01 Å². The molecule has 1 unspecified atom stereocenters. The van der Waals surface area contributed by atoms with Gasteiger partial charge in [0.1, 0.15) is 0 Å². The van der Waals surface area contributed by atoms with Crippen LogP contribution in [0.4, 0.5) is 0 Å². The molecule has 0 radical (unpaired) electrons. The smallest absolute Gasteiger partial charge is 0.0940 e. The molecule has 0 amide bonds. The zero-order valence-electron chi connectivity index (χ0n) is 11.6. The molecule has 1 aliphatic rings. The molecule has 0 bridgehead atoms. The van der Waals surface area contributed by atoms with Crippen LogP contribution in [0.5, 0.6) is 0 Å². The quantitative estimate of drug-likeness (QED) is 0.777. The van der Waals surface area contributed by atoms with E-state index in [2.05, 4.69) is 34.8 Å². The molecule has 1 aromatic heterocycles. The first-order valence-corrected chi connectivity index (χ1v) is 7.94. The van der Waals surface area contributed by atoms with Crippen molar-refractivity contribution in [1.82, 2.24) is 15.6 Å². The molecule has 102 valence electrons. The summed E-state index contributed by atoms with van der Waals surface area (Å²) in [4.78, 5) is 4.50. The predicted molar refractivity (Wildman–Crippen MR) is 78.3 cm³/mol. The summed E-state index contributed by atoms with van der Waals surface area (Å²) in [6, 6.07) is 0. The summed E-state index contributed by atoms with van der Waals surface area (Å²) in [5.74, 6) is 0. The van der Waals surface area contributed by atoms with Crippen LogP contribution in [0.25, 0.3) is 0 Å². The highest BCUT2D eigenvalue weighted by atomic mass is 32.1. The van der Waals surface area contributed by atoms with Crippen molar-refractivity contribution >= 4 is 11.3 Å². The largest absolute Gasteiger partial charge is 0.316 e. The predicted octanol–water partition coefficient (Wildman–Crippen LogP) is 2.36. The van der Waals surface area contributed by atoms with Gasteiger partial charge in [0.2, 0.25) is 0 Å². The molecule has 0 saturated carbocycles. The first-order chi connectivity index (χ1) is 8.74. The second-order valence-electron chi connectivity index (χ2n) is 5.44. The number of hydrogen-bond acceptors (Lipinski definition) is 4. The van der Waals surface area contributed by atoms with Crippen LogP contribution in [0, 0.1) is 12.3 Å². The standard InChI is InChI=1S/C14H25N3S/c1-3-14(6-4-7-15-10-14)11-16-8-5-13-17-12(2)9-18-13/h9,15-16H,3-8,10-11H2,1-2H3. The number of rotatable bonds is 6. The van der Waals surface area contributed by atoms with Crippen LogP contribution in [0.1, 0.15) is 36.9 Å². The monoisotopic (exact) mass is 267 g/mol. The van der Waals surface area contributed by atoms with E-state index in [9.17, 15) is 0 Å². The summed E-state index contributed by atoms with van der Waals surface area (Å²) in [5, 5.41) is 10.6. The Kier molecular flexibility index (Phi) is 5.15. The maximum Gasteiger partial charge on any atom is 0.0940 e. The van der Waals surface area contributed by atoms with Gasteiger partial charge in [0.25, 0.3) is 0 Å². The molecule has 3 nitrogen and oxygen atoms in total. The summed E-state index contributed by atoms with van der Waals surface area (Å²) in [5.41, 5.74) is 1.63. The van der Waals surface area contributed by atoms with E-state index in [0.717, 1.165) is 25.2 Å². The van der Waals surface area contributed by atoms with E-state index >= 15 is 0 Å². The number of thiazole rings is 1. The Morgan fingerprint density at radius 3 is 3.06 bits per heavy atom. The van der Waals surface area contributed by atoms with Gasteiger partial charge in [0, 0.05) is 37.1 Å². The summed E-state index contributed by atoms with van der Waals surface area (Å²) in [6.07, 6.45) is 5.01. The van der Waals surface area contributed by atoms with Gasteiger partial charge in [0.15, 0.2) is 0 Å². The fraction of sp³-hybridized carbons (Fsp3) is 0.786. The fourth-order valence-corrected chi connectivity index (χ4v) is 3.45. The van der Waals surface area contributed by atoms with Gasteiger partial charge in [-0.2, -0.15) is 0 Å². The maximum atomic E-state index is 4.50. The topological polar surface area (TPSA) is 37.0 Å². The van der Waals surface area contributed by atoms with Crippen molar-refractivity contribution in [3.8, 4) is 0 Å². The third kappa shape index (κ3) is 3.77. The number of hydrogen-bond donors (Lipinski definition) is 2. The Balaban J connectivity index is 1.70. The van der Waals surface area contributed by atoms with Crippen molar-refractivity contribution in [2.24, 2.45) is 5.41 Å². The van der Waals surface area contributed by atoms with Gasteiger partial charge in [-0.1, -0.05) is 6.92 Å². The molecular weight excluding hydrogens is 242 g/mol. The zero-order chi connectivity index (χ0) is 12.8. The molecule has 1 aliphatic heterocycles. The van der Waals surface area contributed by atoms with Gasteiger partial charge in [-0.25, -0.2) is 4.98 Å². The molecule has 2 heterocycles. The van der Waals surface area contributed by atoms with E-state index in [-0.39, 0.29) is 0 Å². The molecule has 0 aromatic carbocycles. The molecule has 1 atom stereocenters. The third-order valence-corrected chi connectivity index (χ3v) is 5.02. The van der Waals surface area contributed by atoms with E-state index in [1.807, 2.05) is 0 Å². The Labute approximate surface area is 114 Å². The molecule has 1 aromatic rings. The molecule has 0 spiro atoms. The van der Waals surface area contributed by atoms with E-state index in [0.29, 0.717) is 5.41 Å². The Bertz CT molecular complexity index is 356. The third-order valence-electron chi connectivity index (χ3n) is 3.99. The lowest BCUT2D eigenvalue weighted by molar-refractivity contribution is 0.193. The van der Waals surface area contributed by atoms with Crippen molar-refractivity contribution in [3.63, 3.8) is 0 Å². The maximum absolute atomic E-state index is 4.50. The molecule has 4 heteroatoms. The van der Waals surface area contributed by atoms with Crippen LogP contribution >= 0.6 is 11.3 Å². The highest BCUT2D eigenvalue weighted by Crippen LogP contribution is 2.28. The Morgan fingerprint density at radius 2 is 2.44 bits per heavy atom. The Morgan fingerprint density at radius 1 is 1.56 bits per heavy atom. The van der Waals surface area contributed by atoms with E-state index in [4.69, 9.17) is 0 Å². The summed E-state index contributed by atoms with van der Waals surface area (Å²) >= 11 is 1.78. The highest BCUT2D eigenvalue weighted by molar-refractivity contribution is 7.09. The van der Waals surface area contributed by atoms with E-state index in [1.54, 1.807) is 11.3 Å². The summed E-state index contributed by atoms with van der Waals surface area (Å²) in [7, 11) is 0. The summed E-state index contributed by atoms with van der Waals surface area (Å²) < 4.78 is 0. The van der Waals surface area contributed by atoms with Crippen molar-refractivity contribution in [2.45, 2.75) is 39.5 Å². The van der Waals surface area contributed by atoms with Crippen LogP contribution in [-0.2, 0) is 6.42 Å². The first-order valence-electron chi connectivity index (χ1n) is 7.06. The SMILES string of the molecule is CCC1(CNCCc2nc(C)cs2)CCCNC1. The van der Waals surface area contributed by atoms with Crippen LogP contribution in [0.3, 0.4) is 0 Å². The van der Waals surface area contributed by atoms with E-state index < -0.39 is 0 Å². The molecule has 1 fully saturated rings. The Hall–Kier alpha value is -0.450. The second kappa shape index (κ2) is 6.64. The lowest BCUT2D eigenvalue weighted by atomic mass is 9.78. The fourth-order valence-electron chi connectivity index (χ4n) is 2.67. The molecule has 1 saturated heterocycles. The van der Waals surface area contributed by atoms with Crippen LogP contribution in [0.15, 0.2) is 5.38 Å². The van der Waals surface area contributed by atoms with Gasteiger partial charge < -0.3 is 10.6 Å². The normalized spacial score (nSPS) is 24.3. The van der Waals surface area contributed by atoms with Gasteiger partial charge in [-0.05, 0) is 38.1 Å². The van der Waals surface area contributed by atoms with Crippen LogP contribution in [0.2, 0.25) is 0 Å². The molecule has 0 aliphatic carbocycles. The minimum absolute atomic E-state index is 0.483. The van der Waals surface area contributed by atoms with E-state index in [1.165, 1.54) is 37.4 Å². The average Bonchev–Trinajstić information content (AvgIpc) is 2.82. The number of aromatic nitrogens is 1. The van der Waals surface area contributed by atoms with Crippen molar-refractivity contribution in [3.05, 3.63) is 16.1 Å². The van der Waals surface area contributed by atoms with Crippen LogP contribution in [-0.4, -0.2) is 31.2 Å². The lowest BCUT2D eigenvalue weighted by Gasteiger charge is -2.37. The zero-order valence-corrected chi connectivity index (χ0v) is 12.4. The minimum Gasteiger partial charge on any atom is -0.316 e. The molecular formula is C14H25N3S. The molecule has 18 heavy (non-hydrogen) atoms. The van der Waals surface area contributed by atoms with Crippen molar-refractivity contribution < 1.29 is 0 Å². The minimum atomic E-state index is 0.483. The van der Waals surface area contributed by atoms with Crippen molar-refractivity contribution in [1.29, 1.82) is 0 Å². The van der Waals surface area contributed by atoms with Crippen molar-refractivity contribution in [2.75, 3.05) is 26.2 Å². The van der Waals surface area contributed by atoms with Gasteiger partial charge in [-0.3, -0.25) is 0 Å². The van der Waals surface area contributed by atoms with Gasteiger partial charge >= 0.3 is 0 Å². The first kappa shape index (κ1) is 14.0. The highest BCUT2D eigenvalue weighted by Gasteiger charge is 2.29. The number of nitrogens with one attached hydrogen (secondary N) is 2. The van der Waals surface area contributed by atoms with Gasteiger partial charge in [-0.15, -0.1) is 11.3 Å².